The van der Waals surface area contributed by atoms with Gasteiger partial charge in [-0.1, -0.05) is 31.2 Å². The molecule has 1 aromatic carbocycles. The van der Waals surface area contributed by atoms with Crippen LogP contribution < -0.4 is 4.72 Å². The largest absolute Gasteiger partial charge is 0.395 e. The monoisotopic (exact) mass is 377 g/mol. The molecule has 0 spiro atoms. The number of nitrogens with zero attached hydrogens (tertiary/aromatic N) is 2. The van der Waals surface area contributed by atoms with Crippen molar-refractivity contribution in [1.29, 1.82) is 0 Å². The Morgan fingerprint density at radius 3 is 2.60 bits per heavy atom. The minimum Gasteiger partial charge on any atom is -0.395 e. The van der Waals surface area contributed by atoms with E-state index in [0.717, 1.165) is 10.6 Å². The van der Waals surface area contributed by atoms with Crippen molar-refractivity contribution in [1.82, 2.24) is 14.5 Å². The molecule has 8 heteroatoms. The molecule has 6 nitrogen and oxygen atoms in total. The third kappa shape index (κ3) is 3.82. The van der Waals surface area contributed by atoms with Gasteiger partial charge in [-0.25, -0.2) is 17.8 Å². The molecule has 0 fully saturated rings. The summed E-state index contributed by atoms with van der Waals surface area (Å²) in [4.78, 5) is 0.873. The van der Waals surface area contributed by atoms with Crippen LogP contribution in [-0.2, 0) is 10.0 Å². The molecule has 0 bridgehead atoms. The highest BCUT2D eigenvalue weighted by atomic mass is 32.2. The van der Waals surface area contributed by atoms with Gasteiger partial charge >= 0.3 is 0 Å². The maximum atomic E-state index is 12.9. The molecule has 0 aliphatic heterocycles. The highest BCUT2D eigenvalue weighted by Crippen LogP contribution is 2.30. The predicted octanol–water partition coefficient (Wildman–Crippen LogP) is 2.65. The van der Waals surface area contributed by atoms with E-state index in [1.807, 2.05) is 54.8 Å². The van der Waals surface area contributed by atoms with E-state index in [9.17, 15) is 13.5 Å². The van der Waals surface area contributed by atoms with Crippen molar-refractivity contribution in [3.8, 4) is 16.3 Å². The van der Waals surface area contributed by atoms with E-state index < -0.39 is 16.1 Å². The molecule has 2 aromatic heterocycles. The van der Waals surface area contributed by atoms with Crippen LogP contribution in [0.4, 0.5) is 0 Å². The van der Waals surface area contributed by atoms with E-state index in [1.165, 1.54) is 17.5 Å². The summed E-state index contributed by atoms with van der Waals surface area (Å²) in [5, 5.41) is 15.7. The topological polar surface area (TPSA) is 84.2 Å². The molecule has 2 N–H and O–H groups in total. The molecule has 3 aromatic rings. The van der Waals surface area contributed by atoms with Gasteiger partial charge in [0.15, 0.2) is 0 Å². The van der Waals surface area contributed by atoms with Crippen LogP contribution in [0, 0.1) is 0 Å². The van der Waals surface area contributed by atoms with Crippen molar-refractivity contribution in [2.24, 2.45) is 0 Å². The molecule has 3 rings (SSSR count). The highest BCUT2D eigenvalue weighted by molar-refractivity contribution is 7.89. The van der Waals surface area contributed by atoms with Crippen LogP contribution in [0.5, 0.6) is 0 Å². The number of para-hydroxylation sites is 1. The Hall–Kier alpha value is -2.00. The summed E-state index contributed by atoms with van der Waals surface area (Å²) in [6, 6.07) is 12.5. The number of sulfonamides is 1. The maximum Gasteiger partial charge on any atom is 0.244 e. The summed E-state index contributed by atoms with van der Waals surface area (Å²) < 4.78 is 29.8. The van der Waals surface area contributed by atoms with Crippen molar-refractivity contribution < 1.29 is 13.5 Å². The van der Waals surface area contributed by atoms with Crippen LogP contribution in [0.3, 0.4) is 0 Å². The van der Waals surface area contributed by atoms with Gasteiger partial charge in [0.1, 0.15) is 10.6 Å². The van der Waals surface area contributed by atoms with E-state index >= 15 is 0 Å². The van der Waals surface area contributed by atoms with Crippen LogP contribution in [0.25, 0.3) is 16.3 Å². The van der Waals surface area contributed by atoms with Crippen LogP contribution in [0.2, 0.25) is 0 Å². The minimum atomic E-state index is -3.81. The summed E-state index contributed by atoms with van der Waals surface area (Å²) in [7, 11) is -3.81. The van der Waals surface area contributed by atoms with Gasteiger partial charge in [0, 0.05) is 6.04 Å². The molecule has 0 saturated carbocycles. The molecule has 0 aliphatic carbocycles. The second-order valence-corrected chi connectivity index (χ2v) is 8.14. The van der Waals surface area contributed by atoms with E-state index in [1.54, 1.807) is 4.68 Å². The third-order valence-corrected chi connectivity index (χ3v) is 6.18. The molecule has 132 valence electrons. The van der Waals surface area contributed by atoms with Crippen LogP contribution in [0.1, 0.15) is 13.3 Å². The van der Waals surface area contributed by atoms with Gasteiger partial charge in [0.2, 0.25) is 10.0 Å². The minimum absolute atomic E-state index is 0.103. The van der Waals surface area contributed by atoms with Crippen molar-refractivity contribution >= 4 is 21.4 Å². The number of hydrogen-bond donors (Lipinski definition) is 2. The normalized spacial score (nSPS) is 13.0. The number of aromatic nitrogens is 2. The van der Waals surface area contributed by atoms with Gasteiger partial charge in [0.25, 0.3) is 0 Å². The van der Waals surface area contributed by atoms with Gasteiger partial charge in [-0.15, -0.1) is 11.3 Å². The molecule has 0 aliphatic rings. The predicted molar refractivity (Wildman–Crippen MR) is 98.4 cm³/mol. The molecule has 25 heavy (non-hydrogen) atoms. The van der Waals surface area contributed by atoms with E-state index in [-0.39, 0.29) is 11.5 Å². The molecule has 0 saturated heterocycles. The lowest BCUT2D eigenvalue weighted by atomic mass is 10.3. The van der Waals surface area contributed by atoms with Crippen LogP contribution >= 0.6 is 11.3 Å². The Morgan fingerprint density at radius 2 is 2.00 bits per heavy atom. The van der Waals surface area contributed by atoms with Crippen molar-refractivity contribution in [3.63, 3.8) is 0 Å². The Balaban J connectivity index is 2.10. The van der Waals surface area contributed by atoms with Gasteiger partial charge in [0.05, 0.1) is 23.4 Å². The van der Waals surface area contributed by atoms with Crippen molar-refractivity contribution in [2.75, 3.05) is 6.61 Å². The summed E-state index contributed by atoms with van der Waals surface area (Å²) in [6.07, 6.45) is 2.01. The molecule has 1 unspecified atom stereocenters. The number of aliphatic hydroxyl groups excluding tert-OH is 1. The summed E-state index contributed by atoms with van der Waals surface area (Å²) in [5.41, 5.74) is 1.18. The summed E-state index contributed by atoms with van der Waals surface area (Å²) >= 11 is 1.43. The van der Waals surface area contributed by atoms with Gasteiger partial charge in [-0.05, 0) is 30.0 Å². The number of nitrogens with one attached hydrogen (secondary N) is 1. The van der Waals surface area contributed by atoms with Gasteiger partial charge in [-0.3, -0.25) is 0 Å². The zero-order valence-electron chi connectivity index (χ0n) is 13.7. The van der Waals surface area contributed by atoms with Gasteiger partial charge in [-0.2, -0.15) is 5.10 Å². The molecule has 0 amide bonds. The van der Waals surface area contributed by atoms with Crippen LogP contribution in [0.15, 0.2) is 58.9 Å². The Bertz CT molecular complexity index is 915. The average Bonchev–Trinajstić information content (AvgIpc) is 3.29. The standard InChI is InChI=1S/C17H19N3O3S2/c1-2-13(12-21)19-25(22,23)16-11-20(14-7-4-3-5-8-14)18-17(16)15-9-6-10-24-15/h3-11,13,19,21H,2,12H2,1H3. The Kier molecular flexibility index (Phi) is 5.33. The van der Waals surface area contributed by atoms with Crippen molar-refractivity contribution in [2.45, 2.75) is 24.3 Å². The second kappa shape index (κ2) is 7.49. The van der Waals surface area contributed by atoms with Crippen molar-refractivity contribution in [3.05, 3.63) is 54.0 Å². The zero-order valence-corrected chi connectivity index (χ0v) is 15.3. The molecular formula is C17H19N3O3S2. The second-order valence-electron chi connectivity index (χ2n) is 5.51. The number of thiophene rings is 1. The summed E-state index contributed by atoms with van der Waals surface area (Å²) in [5.74, 6) is 0. The number of hydrogen-bond acceptors (Lipinski definition) is 5. The van der Waals surface area contributed by atoms with Crippen LogP contribution in [-0.4, -0.2) is 36.0 Å². The van der Waals surface area contributed by atoms with E-state index in [4.69, 9.17) is 0 Å². The SMILES string of the molecule is CCC(CO)NS(=O)(=O)c1cn(-c2ccccc2)nc1-c1cccs1. The lowest BCUT2D eigenvalue weighted by molar-refractivity contribution is 0.254. The fraction of sp³-hybridized carbons (Fsp3) is 0.235. The fourth-order valence-corrected chi connectivity index (χ4v) is 4.62. The quantitative estimate of drug-likeness (QED) is 0.663. The Morgan fingerprint density at radius 1 is 1.24 bits per heavy atom. The molecule has 2 heterocycles. The summed E-state index contributed by atoms with van der Waals surface area (Å²) in [6.45, 7) is 1.56. The number of benzene rings is 1. The number of rotatable bonds is 7. The third-order valence-electron chi connectivity index (χ3n) is 3.78. The highest BCUT2D eigenvalue weighted by Gasteiger charge is 2.26. The lowest BCUT2D eigenvalue weighted by Gasteiger charge is -2.13. The average molecular weight is 377 g/mol. The fourth-order valence-electron chi connectivity index (χ4n) is 2.38. The zero-order chi connectivity index (χ0) is 17.9. The molecule has 0 radical (unpaired) electrons. The smallest absolute Gasteiger partial charge is 0.244 e. The molecular weight excluding hydrogens is 358 g/mol. The van der Waals surface area contributed by atoms with E-state index in [0.29, 0.717) is 12.1 Å². The Labute approximate surface area is 150 Å². The lowest BCUT2D eigenvalue weighted by Crippen LogP contribution is -2.36. The first-order chi connectivity index (χ1) is 12.0. The maximum absolute atomic E-state index is 12.9. The number of aliphatic hydroxyl groups is 1. The van der Waals surface area contributed by atoms with Gasteiger partial charge < -0.3 is 5.11 Å². The first-order valence-corrected chi connectivity index (χ1v) is 10.2. The first kappa shape index (κ1) is 17.8. The first-order valence-electron chi connectivity index (χ1n) is 7.87. The molecule has 1 atom stereocenters. The van der Waals surface area contributed by atoms with E-state index in [2.05, 4.69) is 9.82 Å².